The van der Waals surface area contributed by atoms with Crippen LogP contribution in [0.5, 0.6) is 0 Å². The zero-order valence-corrected chi connectivity index (χ0v) is 17.3. The number of aliphatic hydroxyl groups excluding tert-OH is 1. The van der Waals surface area contributed by atoms with Gasteiger partial charge in [0, 0.05) is 11.8 Å². The molecular formula is C23H27NO7. The van der Waals surface area contributed by atoms with Crippen molar-refractivity contribution in [2.24, 2.45) is 0 Å². The second kappa shape index (κ2) is 13.3. The fraction of sp³-hybridized carbons (Fsp3) is 0.348. The molecule has 0 amide bonds. The van der Waals surface area contributed by atoms with E-state index in [1.165, 1.54) is 19.1 Å². The number of benzene rings is 2. The lowest BCUT2D eigenvalue weighted by Gasteiger charge is -2.25. The fourth-order valence-electron chi connectivity index (χ4n) is 2.78. The van der Waals surface area contributed by atoms with Gasteiger partial charge in [0.05, 0.1) is 19.8 Å². The molecule has 8 heteroatoms. The van der Waals surface area contributed by atoms with Crippen LogP contribution in [0.15, 0.2) is 72.8 Å². The molecule has 0 saturated carbocycles. The quantitative estimate of drug-likeness (QED) is 0.226. The number of rotatable bonds is 13. The third kappa shape index (κ3) is 9.99. The van der Waals surface area contributed by atoms with E-state index in [0.717, 1.165) is 11.1 Å². The van der Waals surface area contributed by atoms with E-state index in [4.69, 9.17) is 14.2 Å². The highest BCUT2D eigenvalue weighted by Gasteiger charge is 2.24. The topological polar surface area (TPSA) is 108 Å². The van der Waals surface area contributed by atoms with Crippen LogP contribution in [0.3, 0.4) is 0 Å². The second-order valence-electron chi connectivity index (χ2n) is 6.88. The molecule has 0 aromatic heterocycles. The molecule has 0 fully saturated rings. The summed E-state index contributed by atoms with van der Waals surface area (Å²) in [6.45, 7) is 1.23. The van der Waals surface area contributed by atoms with Crippen LogP contribution in [-0.4, -0.2) is 47.5 Å². The van der Waals surface area contributed by atoms with Crippen LogP contribution >= 0.6 is 0 Å². The third-order valence-corrected chi connectivity index (χ3v) is 4.22. The van der Waals surface area contributed by atoms with E-state index in [9.17, 15) is 20.0 Å². The third-order valence-electron chi connectivity index (χ3n) is 4.22. The number of hydrogen-bond acceptors (Lipinski definition) is 7. The predicted octanol–water partition coefficient (Wildman–Crippen LogP) is 2.91. The Morgan fingerprint density at radius 1 is 1.03 bits per heavy atom. The van der Waals surface area contributed by atoms with Crippen LogP contribution in [0.25, 0.3) is 0 Å². The first kappa shape index (κ1) is 24.2. The van der Waals surface area contributed by atoms with Crippen LogP contribution in [0, 0.1) is 10.1 Å². The van der Waals surface area contributed by atoms with Crippen molar-refractivity contribution in [2.75, 3.05) is 13.2 Å². The maximum Gasteiger partial charge on any atom is 0.303 e. The maximum absolute atomic E-state index is 11.7. The monoisotopic (exact) mass is 429 g/mol. The SMILES string of the molecule is CC(=O)O[C@H](COCc1ccccc1)[C@H](/C=C/[C@@H](O)C[N+](=O)[O-])OCc1ccccc1. The fourth-order valence-corrected chi connectivity index (χ4v) is 2.78. The minimum Gasteiger partial charge on any atom is -0.457 e. The molecule has 2 aromatic rings. The van der Waals surface area contributed by atoms with Crippen molar-refractivity contribution < 1.29 is 29.0 Å². The summed E-state index contributed by atoms with van der Waals surface area (Å²) in [7, 11) is 0. The van der Waals surface area contributed by atoms with Crippen molar-refractivity contribution in [3.63, 3.8) is 0 Å². The van der Waals surface area contributed by atoms with Gasteiger partial charge in [-0.15, -0.1) is 0 Å². The zero-order valence-electron chi connectivity index (χ0n) is 17.3. The molecule has 1 N–H and O–H groups in total. The number of hydrogen-bond donors (Lipinski definition) is 1. The van der Waals surface area contributed by atoms with Gasteiger partial charge in [0.2, 0.25) is 6.54 Å². The highest BCUT2D eigenvalue weighted by atomic mass is 16.6. The Labute approximate surface area is 181 Å². The Morgan fingerprint density at radius 2 is 1.61 bits per heavy atom. The Kier molecular flexibility index (Phi) is 10.4. The molecule has 0 aliphatic carbocycles. The predicted molar refractivity (Wildman–Crippen MR) is 114 cm³/mol. The molecule has 0 saturated heterocycles. The van der Waals surface area contributed by atoms with E-state index in [-0.39, 0.29) is 13.2 Å². The highest BCUT2D eigenvalue weighted by Crippen LogP contribution is 2.13. The Hall–Kier alpha value is -3.07. The second-order valence-corrected chi connectivity index (χ2v) is 6.88. The van der Waals surface area contributed by atoms with Crippen molar-refractivity contribution in [3.8, 4) is 0 Å². The lowest BCUT2D eigenvalue weighted by atomic mass is 10.1. The molecule has 0 unspecified atom stereocenters. The van der Waals surface area contributed by atoms with E-state index >= 15 is 0 Å². The van der Waals surface area contributed by atoms with Crippen molar-refractivity contribution in [3.05, 3.63) is 94.1 Å². The molecule has 2 rings (SSSR count). The first-order chi connectivity index (χ1) is 14.9. The minimum atomic E-state index is -1.29. The lowest BCUT2D eigenvalue weighted by Crippen LogP contribution is -2.36. The van der Waals surface area contributed by atoms with E-state index in [1.54, 1.807) is 0 Å². The smallest absolute Gasteiger partial charge is 0.303 e. The van der Waals surface area contributed by atoms with Gasteiger partial charge in [-0.3, -0.25) is 14.9 Å². The normalized spacial score (nSPS) is 14.1. The highest BCUT2D eigenvalue weighted by molar-refractivity contribution is 5.66. The first-order valence-electron chi connectivity index (χ1n) is 9.86. The van der Waals surface area contributed by atoms with Crippen molar-refractivity contribution >= 4 is 5.97 Å². The van der Waals surface area contributed by atoms with E-state index in [1.807, 2.05) is 60.7 Å². The molecular weight excluding hydrogens is 402 g/mol. The summed E-state index contributed by atoms with van der Waals surface area (Å²) in [5.74, 6) is -0.513. The van der Waals surface area contributed by atoms with Gasteiger partial charge in [0.25, 0.3) is 0 Å². The van der Waals surface area contributed by atoms with E-state index < -0.39 is 35.7 Å². The van der Waals surface area contributed by atoms with E-state index in [0.29, 0.717) is 6.61 Å². The molecule has 0 radical (unpaired) electrons. The van der Waals surface area contributed by atoms with Gasteiger partial charge in [-0.25, -0.2) is 0 Å². The van der Waals surface area contributed by atoms with Gasteiger partial charge in [-0.05, 0) is 11.1 Å². The summed E-state index contributed by atoms with van der Waals surface area (Å²) < 4.78 is 17.0. The van der Waals surface area contributed by atoms with Gasteiger partial charge < -0.3 is 19.3 Å². The summed E-state index contributed by atoms with van der Waals surface area (Å²) in [5.41, 5.74) is 1.86. The van der Waals surface area contributed by atoms with Crippen LogP contribution in [0.1, 0.15) is 18.1 Å². The molecule has 166 valence electrons. The van der Waals surface area contributed by atoms with Crippen molar-refractivity contribution in [1.82, 2.24) is 0 Å². The van der Waals surface area contributed by atoms with Gasteiger partial charge >= 0.3 is 5.97 Å². The first-order valence-corrected chi connectivity index (χ1v) is 9.86. The number of nitrogens with zero attached hydrogens (tertiary/aromatic N) is 1. The van der Waals surface area contributed by atoms with E-state index in [2.05, 4.69) is 0 Å². The van der Waals surface area contributed by atoms with Gasteiger partial charge in [0.1, 0.15) is 12.2 Å². The lowest BCUT2D eigenvalue weighted by molar-refractivity contribution is -0.487. The Bertz CT molecular complexity index is 826. The molecule has 3 atom stereocenters. The summed E-state index contributed by atoms with van der Waals surface area (Å²) in [6, 6.07) is 18.9. The largest absolute Gasteiger partial charge is 0.457 e. The standard InChI is InChI=1S/C23H27NO7/c1-18(25)31-23(17-29-15-19-8-4-2-5-9-19)22(13-12-21(26)14-24(27)28)30-16-20-10-6-3-7-11-20/h2-13,21-23,26H,14-17H2,1H3/b13-12+/t21-,22+,23-/m1/s1. The molecule has 0 spiro atoms. The zero-order chi connectivity index (χ0) is 22.5. The maximum atomic E-state index is 11.7. The Morgan fingerprint density at radius 3 is 2.16 bits per heavy atom. The average Bonchev–Trinajstić information content (AvgIpc) is 2.74. The Balaban J connectivity index is 2.09. The minimum absolute atomic E-state index is 0.0452. The van der Waals surface area contributed by atoms with Gasteiger partial charge in [-0.2, -0.15) is 0 Å². The molecule has 0 aliphatic heterocycles. The van der Waals surface area contributed by atoms with Crippen LogP contribution in [0.2, 0.25) is 0 Å². The molecule has 0 bridgehead atoms. The van der Waals surface area contributed by atoms with Crippen LogP contribution in [-0.2, 0) is 32.2 Å². The molecule has 31 heavy (non-hydrogen) atoms. The van der Waals surface area contributed by atoms with Crippen LogP contribution in [0.4, 0.5) is 0 Å². The summed E-state index contributed by atoms with van der Waals surface area (Å²) in [4.78, 5) is 21.7. The molecule has 0 heterocycles. The van der Waals surface area contributed by atoms with Gasteiger partial charge in [0.15, 0.2) is 6.10 Å². The number of esters is 1. The van der Waals surface area contributed by atoms with Gasteiger partial charge in [-0.1, -0.05) is 72.8 Å². The van der Waals surface area contributed by atoms with Crippen LogP contribution < -0.4 is 0 Å². The van der Waals surface area contributed by atoms with Crippen molar-refractivity contribution in [1.29, 1.82) is 0 Å². The number of carbonyl (C=O) groups excluding carboxylic acids is 1. The number of ether oxygens (including phenoxy) is 3. The molecule has 8 nitrogen and oxygen atoms in total. The number of aliphatic hydroxyl groups is 1. The average molecular weight is 429 g/mol. The number of carbonyl (C=O) groups is 1. The summed E-state index contributed by atoms with van der Waals surface area (Å²) in [5, 5.41) is 20.4. The molecule has 2 aromatic carbocycles. The molecule has 0 aliphatic rings. The van der Waals surface area contributed by atoms with Crippen molar-refractivity contribution in [2.45, 2.75) is 38.4 Å². The summed E-state index contributed by atoms with van der Waals surface area (Å²) >= 11 is 0. The number of nitro groups is 1. The summed E-state index contributed by atoms with van der Waals surface area (Å²) in [6.07, 6.45) is -0.130.